The molecule has 2 heterocycles. The number of ether oxygens (including phenoxy) is 3. The number of likely N-dealkylation sites (tertiary alicyclic amines) is 1. The Kier molecular flexibility index (Phi) is 9.04. The number of carbonyl (C=O) groups excluding carboxylic acids is 2. The highest BCUT2D eigenvalue weighted by molar-refractivity contribution is 5.87. The van der Waals surface area contributed by atoms with Gasteiger partial charge in [-0.1, -0.05) is 32.6 Å². The first-order valence-electron chi connectivity index (χ1n) is 11.7. The fourth-order valence-corrected chi connectivity index (χ4v) is 4.28. The highest BCUT2D eigenvalue weighted by Gasteiger charge is 2.44. The van der Waals surface area contributed by atoms with Crippen molar-refractivity contribution in [3.8, 4) is 11.5 Å². The van der Waals surface area contributed by atoms with E-state index in [1.807, 2.05) is 0 Å². The molecule has 190 valence electrons. The summed E-state index contributed by atoms with van der Waals surface area (Å²) in [6, 6.07) is 5.52. The van der Waals surface area contributed by atoms with E-state index in [2.05, 4.69) is 11.9 Å². The number of nitro groups is 1. The van der Waals surface area contributed by atoms with Crippen molar-refractivity contribution in [1.29, 1.82) is 0 Å². The van der Waals surface area contributed by atoms with Gasteiger partial charge in [0.1, 0.15) is 35.9 Å². The zero-order chi connectivity index (χ0) is 25.4. The van der Waals surface area contributed by atoms with Crippen LogP contribution in [-0.2, 0) is 14.3 Å². The Morgan fingerprint density at radius 3 is 2.49 bits per heavy atom. The molecular formula is C24H32N4O7. The van der Waals surface area contributed by atoms with E-state index in [-0.39, 0.29) is 24.7 Å². The van der Waals surface area contributed by atoms with Crippen LogP contribution in [0.4, 0.5) is 5.82 Å². The number of imidazole rings is 1. The number of carbonyl (C=O) groups is 2. The highest BCUT2D eigenvalue weighted by Crippen LogP contribution is 2.30. The first-order chi connectivity index (χ1) is 16.9. The molecule has 0 bridgehead atoms. The van der Waals surface area contributed by atoms with Crippen LogP contribution in [-0.4, -0.2) is 64.2 Å². The normalized spacial score (nSPS) is 18.2. The molecule has 3 rings (SSSR count). The number of amides is 1. The molecule has 1 aliphatic heterocycles. The molecule has 0 aliphatic carbocycles. The van der Waals surface area contributed by atoms with Crippen LogP contribution < -0.4 is 9.47 Å². The van der Waals surface area contributed by atoms with E-state index in [0.717, 1.165) is 25.7 Å². The molecule has 0 radical (unpaired) electrons. The summed E-state index contributed by atoms with van der Waals surface area (Å²) < 4.78 is 17.6. The lowest BCUT2D eigenvalue weighted by molar-refractivity contribution is -0.389. The van der Waals surface area contributed by atoms with Crippen LogP contribution in [0.5, 0.6) is 11.5 Å². The maximum atomic E-state index is 13.7. The molecule has 0 spiro atoms. The largest absolute Gasteiger partial charge is 0.497 e. The van der Waals surface area contributed by atoms with E-state index >= 15 is 0 Å². The Morgan fingerprint density at radius 1 is 1.17 bits per heavy atom. The van der Waals surface area contributed by atoms with Crippen LogP contribution in [0, 0.1) is 10.1 Å². The second-order valence-corrected chi connectivity index (χ2v) is 8.48. The Labute approximate surface area is 204 Å². The molecular weight excluding hydrogens is 456 g/mol. The quantitative estimate of drug-likeness (QED) is 0.192. The predicted octanol–water partition coefficient (Wildman–Crippen LogP) is 3.53. The van der Waals surface area contributed by atoms with Crippen molar-refractivity contribution in [3.05, 3.63) is 46.9 Å². The molecule has 2 aromatic rings. The van der Waals surface area contributed by atoms with Gasteiger partial charge in [-0.25, -0.2) is 4.79 Å². The van der Waals surface area contributed by atoms with Crippen molar-refractivity contribution in [2.45, 2.75) is 63.6 Å². The Morgan fingerprint density at radius 2 is 1.89 bits per heavy atom. The summed E-state index contributed by atoms with van der Waals surface area (Å²) >= 11 is 0. The lowest BCUT2D eigenvalue weighted by Crippen LogP contribution is -2.44. The van der Waals surface area contributed by atoms with Crippen molar-refractivity contribution in [2.24, 2.45) is 0 Å². The summed E-state index contributed by atoms with van der Waals surface area (Å²) in [5.41, 5.74) is 0. The number of esters is 1. The van der Waals surface area contributed by atoms with Crippen LogP contribution in [0.15, 0.2) is 36.8 Å². The van der Waals surface area contributed by atoms with Crippen molar-refractivity contribution < 1.29 is 28.7 Å². The summed E-state index contributed by atoms with van der Waals surface area (Å²) in [7, 11) is 2.86. The minimum absolute atomic E-state index is 0.187. The summed E-state index contributed by atoms with van der Waals surface area (Å²) in [4.78, 5) is 42.1. The van der Waals surface area contributed by atoms with Crippen molar-refractivity contribution in [2.75, 3.05) is 20.8 Å². The van der Waals surface area contributed by atoms with Crippen LogP contribution in [0.3, 0.4) is 0 Å². The molecule has 35 heavy (non-hydrogen) atoms. The van der Waals surface area contributed by atoms with Crippen LogP contribution in [0.2, 0.25) is 0 Å². The molecule has 3 atom stereocenters. The molecule has 0 unspecified atom stereocenters. The third kappa shape index (κ3) is 6.49. The van der Waals surface area contributed by atoms with E-state index < -0.39 is 29.1 Å². The minimum Gasteiger partial charge on any atom is -0.497 e. The summed E-state index contributed by atoms with van der Waals surface area (Å²) in [6.45, 7) is 2.28. The maximum Gasteiger partial charge on any atom is 0.381 e. The minimum atomic E-state index is -0.813. The van der Waals surface area contributed by atoms with Crippen molar-refractivity contribution in [3.63, 3.8) is 0 Å². The number of unbranched alkanes of at least 4 members (excludes halogenated alkanes) is 3. The Bertz CT molecular complexity index is 1010. The van der Waals surface area contributed by atoms with Gasteiger partial charge >= 0.3 is 11.8 Å². The van der Waals surface area contributed by atoms with Gasteiger partial charge in [0, 0.05) is 6.42 Å². The highest BCUT2D eigenvalue weighted by atomic mass is 16.6. The second-order valence-electron chi connectivity index (χ2n) is 8.48. The lowest BCUT2D eigenvalue weighted by atomic mass is 10.1. The van der Waals surface area contributed by atoms with Gasteiger partial charge < -0.3 is 29.2 Å². The zero-order valence-corrected chi connectivity index (χ0v) is 20.3. The molecule has 1 aromatic heterocycles. The van der Waals surface area contributed by atoms with Gasteiger partial charge in [-0.3, -0.25) is 9.36 Å². The molecule has 1 aromatic carbocycles. The number of nitrogens with zero attached hydrogens (tertiary/aromatic N) is 4. The summed E-state index contributed by atoms with van der Waals surface area (Å²) in [5.74, 6) is 0.108. The van der Waals surface area contributed by atoms with Gasteiger partial charge in [0.05, 0.1) is 20.8 Å². The predicted molar refractivity (Wildman–Crippen MR) is 126 cm³/mol. The second kappa shape index (κ2) is 12.2. The summed E-state index contributed by atoms with van der Waals surface area (Å²) in [5, 5.41) is 11.1. The number of methoxy groups -OCH3 is 2. The molecule has 0 N–H and O–H groups in total. The van der Waals surface area contributed by atoms with Crippen molar-refractivity contribution >= 4 is 17.7 Å². The monoisotopic (exact) mass is 488 g/mol. The molecule has 1 fully saturated rings. The first kappa shape index (κ1) is 26.0. The molecule has 1 aliphatic rings. The maximum absolute atomic E-state index is 13.7. The van der Waals surface area contributed by atoms with Gasteiger partial charge in [0.15, 0.2) is 0 Å². The first-order valence-corrected chi connectivity index (χ1v) is 11.7. The SMILES string of the molecule is CCCCCC[C@H](C(=O)N1C[C@@H](Oc2ccc(OC)cc2)C[C@H]1C(=O)OC)n1cnc([N+](=O)[O-])c1. The number of aromatic nitrogens is 2. The smallest absolute Gasteiger partial charge is 0.381 e. The van der Waals surface area contributed by atoms with E-state index in [4.69, 9.17) is 14.2 Å². The Balaban J connectivity index is 1.81. The van der Waals surface area contributed by atoms with E-state index in [1.54, 1.807) is 31.4 Å². The van der Waals surface area contributed by atoms with Gasteiger partial charge in [0.25, 0.3) is 0 Å². The molecule has 11 heteroatoms. The molecule has 11 nitrogen and oxygen atoms in total. The number of benzene rings is 1. The average molecular weight is 489 g/mol. The van der Waals surface area contributed by atoms with Crippen LogP contribution in [0.25, 0.3) is 0 Å². The molecule has 1 amide bonds. The average Bonchev–Trinajstić information content (AvgIpc) is 3.52. The Hall–Kier alpha value is -3.63. The van der Waals surface area contributed by atoms with E-state index in [9.17, 15) is 19.7 Å². The van der Waals surface area contributed by atoms with Crippen LogP contribution in [0.1, 0.15) is 51.5 Å². The molecule has 1 saturated heterocycles. The van der Waals surface area contributed by atoms with Crippen molar-refractivity contribution in [1.82, 2.24) is 14.5 Å². The number of hydrogen-bond donors (Lipinski definition) is 0. The number of rotatable bonds is 12. The number of hydrogen-bond acceptors (Lipinski definition) is 8. The van der Waals surface area contributed by atoms with Gasteiger partial charge in [-0.15, -0.1) is 0 Å². The van der Waals surface area contributed by atoms with Crippen LogP contribution >= 0.6 is 0 Å². The zero-order valence-electron chi connectivity index (χ0n) is 20.3. The third-order valence-corrected chi connectivity index (χ3v) is 6.13. The van der Waals surface area contributed by atoms with Gasteiger partial charge in [-0.05, 0) is 40.6 Å². The van der Waals surface area contributed by atoms with Gasteiger partial charge in [-0.2, -0.15) is 0 Å². The summed E-state index contributed by atoms with van der Waals surface area (Å²) in [6.07, 6.45) is 6.64. The fourth-order valence-electron chi connectivity index (χ4n) is 4.28. The molecule has 0 saturated carbocycles. The van der Waals surface area contributed by atoms with E-state index in [1.165, 1.54) is 29.1 Å². The lowest BCUT2D eigenvalue weighted by Gasteiger charge is -2.27. The fraction of sp³-hybridized carbons (Fsp3) is 0.542. The third-order valence-electron chi connectivity index (χ3n) is 6.13. The standard InChI is InChI=1S/C24H32N4O7/c1-4-5-6-7-8-20(26-15-22(25-16-26)28(31)32)23(29)27-14-19(13-21(27)24(30)34-3)35-18-11-9-17(33-2)10-12-18/h9-12,15-16,19-21H,4-8,13-14H2,1-3H3/t19-,20+,21-/m0/s1. The van der Waals surface area contributed by atoms with E-state index in [0.29, 0.717) is 17.9 Å². The van der Waals surface area contributed by atoms with Gasteiger partial charge in [0.2, 0.25) is 12.2 Å². The topological polar surface area (TPSA) is 126 Å².